The van der Waals surface area contributed by atoms with Gasteiger partial charge in [-0.1, -0.05) is 13.8 Å². The molecule has 2 rings (SSSR count). The molecule has 2 heterocycles. The number of amides is 1. The van der Waals surface area contributed by atoms with Gasteiger partial charge in [-0.3, -0.25) is 4.79 Å². The van der Waals surface area contributed by atoms with Crippen LogP contribution in [0.2, 0.25) is 0 Å². The van der Waals surface area contributed by atoms with E-state index in [1.807, 2.05) is 13.8 Å². The van der Waals surface area contributed by atoms with E-state index in [0.717, 1.165) is 17.8 Å². The van der Waals surface area contributed by atoms with Gasteiger partial charge < -0.3 is 10.6 Å². The zero-order valence-corrected chi connectivity index (χ0v) is 15.3. The van der Waals surface area contributed by atoms with Crippen LogP contribution in [0.3, 0.4) is 0 Å². The standard InChI is InChI=1S/C13H21N3O3S2.ClH/c1-13(2)8-16(5-4-11(13)14)12(17)10-6-9(7-20-10)21(18,19)15-3;/h6-7,11,15H,4-5,8,14H2,1-3H3;1H. The van der Waals surface area contributed by atoms with Crippen molar-refractivity contribution in [1.82, 2.24) is 9.62 Å². The van der Waals surface area contributed by atoms with Gasteiger partial charge >= 0.3 is 0 Å². The first-order valence-corrected chi connectivity index (χ1v) is 9.10. The average molecular weight is 368 g/mol. The minimum atomic E-state index is -3.50. The lowest BCUT2D eigenvalue weighted by Crippen LogP contribution is -2.53. The molecule has 0 bridgehead atoms. The SMILES string of the molecule is CNS(=O)(=O)c1csc(C(=O)N2CCC(N)C(C)(C)C2)c1.Cl. The normalized spacial score (nSPS) is 21.3. The van der Waals surface area contributed by atoms with Crippen molar-refractivity contribution in [3.63, 3.8) is 0 Å². The van der Waals surface area contributed by atoms with Crippen LogP contribution in [0.15, 0.2) is 16.3 Å². The summed E-state index contributed by atoms with van der Waals surface area (Å²) in [6, 6.07) is 1.51. The Morgan fingerprint density at radius 2 is 2.14 bits per heavy atom. The van der Waals surface area contributed by atoms with Crippen molar-refractivity contribution in [3.8, 4) is 0 Å². The summed E-state index contributed by atoms with van der Waals surface area (Å²) in [5, 5.41) is 1.49. The van der Waals surface area contributed by atoms with E-state index in [4.69, 9.17) is 5.73 Å². The lowest BCUT2D eigenvalue weighted by atomic mass is 9.79. The fourth-order valence-corrected chi connectivity index (χ4v) is 4.36. The van der Waals surface area contributed by atoms with Crippen LogP contribution in [0.4, 0.5) is 0 Å². The van der Waals surface area contributed by atoms with E-state index < -0.39 is 10.0 Å². The van der Waals surface area contributed by atoms with Crippen molar-refractivity contribution in [2.24, 2.45) is 11.1 Å². The molecule has 1 aliphatic heterocycles. The molecule has 3 N–H and O–H groups in total. The summed E-state index contributed by atoms with van der Waals surface area (Å²) in [4.78, 5) is 14.8. The first kappa shape index (κ1) is 19.4. The highest BCUT2D eigenvalue weighted by atomic mass is 35.5. The van der Waals surface area contributed by atoms with Gasteiger partial charge in [0.2, 0.25) is 10.0 Å². The van der Waals surface area contributed by atoms with E-state index in [-0.39, 0.29) is 34.7 Å². The molecule has 1 aromatic rings. The molecular weight excluding hydrogens is 346 g/mol. The molecular formula is C13H22ClN3O3S2. The largest absolute Gasteiger partial charge is 0.337 e. The number of halogens is 1. The van der Waals surface area contributed by atoms with Crippen LogP contribution >= 0.6 is 23.7 Å². The number of hydrogen-bond acceptors (Lipinski definition) is 5. The minimum Gasteiger partial charge on any atom is -0.337 e. The van der Waals surface area contributed by atoms with E-state index in [0.29, 0.717) is 18.0 Å². The van der Waals surface area contributed by atoms with Crippen LogP contribution in [0.25, 0.3) is 0 Å². The molecule has 0 aliphatic carbocycles. The van der Waals surface area contributed by atoms with E-state index >= 15 is 0 Å². The van der Waals surface area contributed by atoms with Crippen molar-refractivity contribution < 1.29 is 13.2 Å². The number of hydrogen-bond donors (Lipinski definition) is 2. The summed E-state index contributed by atoms with van der Waals surface area (Å²) < 4.78 is 25.7. The Balaban J connectivity index is 0.00000242. The predicted molar refractivity (Wildman–Crippen MR) is 90.1 cm³/mol. The van der Waals surface area contributed by atoms with Crippen LogP contribution in [0, 0.1) is 5.41 Å². The second-order valence-corrected chi connectivity index (χ2v) is 8.76. The van der Waals surface area contributed by atoms with Crippen molar-refractivity contribution in [2.75, 3.05) is 20.1 Å². The first-order valence-electron chi connectivity index (χ1n) is 6.74. The van der Waals surface area contributed by atoms with Crippen LogP contribution in [0.1, 0.15) is 29.9 Å². The third-order valence-corrected chi connectivity index (χ3v) is 6.43. The van der Waals surface area contributed by atoms with Crippen molar-refractivity contribution in [3.05, 3.63) is 16.3 Å². The lowest BCUT2D eigenvalue weighted by Gasteiger charge is -2.42. The summed E-state index contributed by atoms with van der Waals surface area (Å²) >= 11 is 1.15. The predicted octanol–water partition coefficient (Wildman–Crippen LogP) is 1.28. The van der Waals surface area contributed by atoms with Crippen molar-refractivity contribution in [2.45, 2.75) is 31.2 Å². The van der Waals surface area contributed by atoms with Crippen LogP contribution in [0.5, 0.6) is 0 Å². The van der Waals surface area contributed by atoms with Gasteiger partial charge in [-0.2, -0.15) is 0 Å². The summed E-state index contributed by atoms with van der Waals surface area (Å²) in [7, 11) is -2.15. The fourth-order valence-electron chi connectivity index (χ4n) is 2.39. The Morgan fingerprint density at radius 3 is 2.68 bits per heavy atom. The molecule has 0 spiro atoms. The molecule has 1 atom stereocenters. The second kappa shape index (κ2) is 6.84. The number of piperidine rings is 1. The van der Waals surface area contributed by atoms with Gasteiger partial charge in [-0.15, -0.1) is 23.7 Å². The number of rotatable bonds is 3. The zero-order valence-electron chi connectivity index (χ0n) is 12.8. The van der Waals surface area contributed by atoms with E-state index in [2.05, 4.69) is 4.72 Å². The van der Waals surface area contributed by atoms with E-state index in [1.165, 1.54) is 18.5 Å². The number of nitrogens with zero attached hydrogens (tertiary/aromatic N) is 1. The molecule has 1 saturated heterocycles. The summed E-state index contributed by atoms with van der Waals surface area (Å²) in [5.41, 5.74) is 5.94. The molecule has 1 amide bonds. The Labute approximate surface area is 141 Å². The molecule has 0 saturated carbocycles. The molecule has 0 radical (unpaired) electrons. The molecule has 1 unspecified atom stereocenters. The van der Waals surface area contributed by atoms with Gasteiger partial charge in [0.15, 0.2) is 0 Å². The molecule has 1 aromatic heterocycles. The van der Waals surface area contributed by atoms with Crippen LogP contribution < -0.4 is 10.5 Å². The number of thiophene rings is 1. The summed E-state index contributed by atoms with van der Waals surface area (Å²) in [6.07, 6.45) is 0.756. The second-order valence-electron chi connectivity index (χ2n) is 5.96. The van der Waals surface area contributed by atoms with Gasteiger partial charge in [-0.25, -0.2) is 13.1 Å². The molecule has 1 aliphatic rings. The number of nitrogens with two attached hydrogens (primary N) is 1. The molecule has 1 fully saturated rings. The Bertz CT molecular complexity index is 643. The smallest absolute Gasteiger partial charge is 0.263 e. The Hall–Kier alpha value is -0.670. The highest BCUT2D eigenvalue weighted by molar-refractivity contribution is 7.89. The quantitative estimate of drug-likeness (QED) is 0.841. The fraction of sp³-hybridized carbons (Fsp3) is 0.615. The minimum absolute atomic E-state index is 0. The van der Waals surface area contributed by atoms with Gasteiger partial charge in [0.1, 0.15) is 0 Å². The van der Waals surface area contributed by atoms with Crippen LogP contribution in [-0.2, 0) is 10.0 Å². The molecule has 22 heavy (non-hydrogen) atoms. The van der Waals surface area contributed by atoms with E-state index in [1.54, 1.807) is 4.90 Å². The number of carbonyl (C=O) groups is 1. The lowest BCUT2D eigenvalue weighted by molar-refractivity contribution is 0.0537. The topological polar surface area (TPSA) is 92.5 Å². The summed E-state index contributed by atoms with van der Waals surface area (Å²) in [5.74, 6) is -0.127. The summed E-state index contributed by atoms with van der Waals surface area (Å²) in [6.45, 7) is 5.28. The number of carbonyl (C=O) groups excluding carboxylic acids is 1. The molecule has 0 aromatic carbocycles. The molecule has 9 heteroatoms. The third-order valence-electron chi connectivity index (χ3n) is 3.96. The number of sulfonamides is 1. The maximum atomic E-state index is 12.5. The van der Waals surface area contributed by atoms with Gasteiger partial charge in [0.05, 0.1) is 9.77 Å². The maximum Gasteiger partial charge on any atom is 0.263 e. The number of likely N-dealkylation sites (tertiary alicyclic amines) is 1. The van der Waals surface area contributed by atoms with E-state index in [9.17, 15) is 13.2 Å². The average Bonchev–Trinajstić information content (AvgIpc) is 2.91. The van der Waals surface area contributed by atoms with Gasteiger partial charge in [-0.05, 0) is 24.9 Å². The van der Waals surface area contributed by atoms with Crippen molar-refractivity contribution >= 4 is 39.7 Å². The molecule has 6 nitrogen and oxygen atoms in total. The zero-order chi connectivity index (χ0) is 15.8. The first-order chi connectivity index (χ1) is 9.67. The van der Waals surface area contributed by atoms with Crippen LogP contribution in [-0.4, -0.2) is 45.4 Å². The molecule has 126 valence electrons. The van der Waals surface area contributed by atoms with Gasteiger partial charge in [0, 0.05) is 24.5 Å². The third kappa shape index (κ3) is 3.80. The number of nitrogens with one attached hydrogen (secondary N) is 1. The Kier molecular flexibility index (Phi) is 6.02. The van der Waals surface area contributed by atoms with Gasteiger partial charge in [0.25, 0.3) is 5.91 Å². The van der Waals surface area contributed by atoms with Crippen molar-refractivity contribution in [1.29, 1.82) is 0 Å². The monoisotopic (exact) mass is 367 g/mol. The highest BCUT2D eigenvalue weighted by Crippen LogP contribution is 2.29. The maximum absolute atomic E-state index is 12.5. The highest BCUT2D eigenvalue weighted by Gasteiger charge is 2.36. The Morgan fingerprint density at radius 1 is 1.50 bits per heavy atom.